The molecule has 0 radical (unpaired) electrons. The predicted octanol–water partition coefficient (Wildman–Crippen LogP) is 3.24. The molecule has 4 rings (SSSR count). The molecule has 6 heteroatoms. The molecule has 1 N–H and O–H groups in total. The van der Waals surface area contributed by atoms with Crippen LogP contribution in [0, 0.1) is 0 Å². The predicted molar refractivity (Wildman–Crippen MR) is 120 cm³/mol. The molecule has 0 saturated carbocycles. The topological polar surface area (TPSA) is 61.4 Å². The number of carbonyl (C=O) groups is 1. The van der Waals surface area contributed by atoms with Crippen LogP contribution in [0.15, 0.2) is 30.3 Å². The molecule has 2 aromatic rings. The Balaban J connectivity index is 1.42. The molecule has 6 nitrogen and oxygen atoms in total. The third kappa shape index (κ3) is 4.81. The molecule has 1 atom stereocenters. The molecule has 1 unspecified atom stereocenters. The molecule has 2 aliphatic rings. The van der Waals surface area contributed by atoms with Gasteiger partial charge in [0.05, 0.1) is 12.2 Å². The van der Waals surface area contributed by atoms with Crippen molar-refractivity contribution in [1.82, 2.24) is 19.8 Å². The lowest BCUT2D eigenvalue weighted by Crippen LogP contribution is -2.37. The highest BCUT2D eigenvalue weighted by molar-refractivity contribution is 5.76. The minimum atomic E-state index is 0.236. The van der Waals surface area contributed by atoms with Crippen LogP contribution in [0.4, 0.5) is 5.82 Å². The number of rotatable bonds is 6. The van der Waals surface area contributed by atoms with Crippen LogP contribution in [0.2, 0.25) is 0 Å². The average molecular weight is 408 g/mol. The Bertz CT molecular complexity index is 869. The first-order valence-electron chi connectivity index (χ1n) is 11.2. The third-order valence-electron chi connectivity index (χ3n) is 6.36. The number of anilines is 1. The summed E-state index contributed by atoms with van der Waals surface area (Å²) in [6.07, 6.45) is 5.56. The first kappa shape index (κ1) is 20.8. The summed E-state index contributed by atoms with van der Waals surface area (Å²) in [5, 5.41) is 3.27. The fourth-order valence-corrected chi connectivity index (χ4v) is 4.68. The Morgan fingerprint density at radius 3 is 2.80 bits per heavy atom. The number of hydrogen-bond donors (Lipinski definition) is 1. The van der Waals surface area contributed by atoms with Gasteiger partial charge in [-0.3, -0.25) is 4.79 Å². The van der Waals surface area contributed by atoms with Gasteiger partial charge in [-0.05, 0) is 51.3 Å². The van der Waals surface area contributed by atoms with E-state index in [0.717, 1.165) is 62.7 Å². The quantitative estimate of drug-likeness (QED) is 0.797. The number of hydrogen-bond acceptors (Lipinski definition) is 5. The Hall–Kier alpha value is -2.47. The number of aryl methyl sites for hydroxylation is 1. The highest BCUT2D eigenvalue weighted by atomic mass is 16.2. The summed E-state index contributed by atoms with van der Waals surface area (Å²) in [6, 6.07) is 10.4. The maximum atomic E-state index is 12.8. The zero-order valence-corrected chi connectivity index (χ0v) is 18.2. The lowest BCUT2D eigenvalue weighted by Gasteiger charge is -2.32. The van der Waals surface area contributed by atoms with E-state index in [4.69, 9.17) is 9.97 Å². The van der Waals surface area contributed by atoms with E-state index in [1.807, 2.05) is 18.0 Å². The number of benzene rings is 1. The average Bonchev–Trinajstić information content (AvgIpc) is 2.78. The van der Waals surface area contributed by atoms with Gasteiger partial charge in [0.1, 0.15) is 11.6 Å². The zero-order chi connectivity index (χ0) is 20.9. The molecule has 1 saturated heterocycles. The number of piperidine rings is 1. The molecule has 2 aliphatic heterocycles. The summed E-state index contributed by atoms with van der Waals surface area (Å²) in [5.41, 5.74) is 3.50. The number of nitrogens with one attached hydrogen (secondary N) is 1. The molecule has 3 heterocycles. The Morgan fingerprint density at radius 1 is 1.20 bits per heavy atom. The normalized spacial score (nSPS) is 19.4. The lowest BCUT2D eigenvalue weighted by atomic mass is 9.96. The minimum absolute atomic E-state index is 0.236. The summed E-state index contributed by atoms with van der Waals surface area (Å²) in [5.74, 6) is 2.49. The highest BCUT2D eigenvalue weighted by Gasteiger charge is 2.28. The van der Waals surface area contributed by atoms with Crippen molar-refractivity contribution < 1.29 is 4.79 Å². The number of amides is 1. The van der Waals surface area contributed by atoms with Gasteiger partial charge in [0.25, 0.3) is 0 Å². The number of aromatic nitrogens is 2. The van der Waals surface area contributed by atoms with Gasteiger partial charge in [-0.15, -0.1) is 0 Å². The van der Waals surface area contributed by atoms with Gasteiger partial charge >= 0.3 is 0 Å². The Labute approximate surface area is 179 Å². The minimum Gasteiger partial charge on any atom is -0.373 e. The van der Waals surface area contributed by atoms with Crippen LogP contribution in [0.3, 0.4) is 0 Å². The van der Waals surface area contributed by atoms with Crippen LogP contribution in [0.25, 0.3) is 0 Å². The number of likely N-dealkylation sites (N-methyl/N-ethyl adjacent to an activating group) is 1. The number of fused-ring (bicyclic) bond motifs is 1. The summed E-state index contributed by atoms with van der Waals surface area (Å²) in [4.78, 5) is 27.0. The van der Waals surface area contributed by atoms with Gasteiger partial charge in [-0.25, -0.2) is 9.97 Å². The van der Waals surface area contributed by atoms with Gasteiger partial charge < -0.3 is 15.1 Å². The fourth-order valence-electron chi connectivity index (χ4n) is 4.68. The Kier molecular flexibility index (Phi) is 6.62. The molecule has 160 valence electrons. The van der Waals surface area contributed by atoms with Crippen molar-refractivity contribution in [2.75, 3.05) is 39.0 Å². The zero-order valence-electron chi connectivity index (χ0n) is 18.2. The summed E-state index contributed by atoms with van der Waals surface area (Å²) in [6.45, 7) is 3.50. The van der Waals surface area contributed by atoms with E-state index in [1.165, 1.54) is 17.5 Å². The standard InChI is InChI=1S/C24H33N5O/c1-25-24-20-13-15-29(22(30)12-6-10-18-8-4-3-5-9-18)17-21(20)26-23(27-24)19-11-7-14-28(2)16-19/h3-5,8-9,19H,6-7,10-17H2,1-2H3,(H,25,26,27). The number of carbonyl (C=O) groups excluding carboxylic acids is 1. The van der Waals surface area contributed by atoms with Crippen molar-refractivity contribution in [2.45, 2.75) is 51.0 Å². The summed E-state index contributed by atoms with van der Waals surface area (Å²) < 4.78 is 0. The first-order valence-corrected chi connectivity index (χ1v) is 11.2. The highest BCUT2D eigenvalue weighted by Crippen LogP contribution is 2.29. The van der Waals surface area contributed by atoms with Crippen LogP contribution >= 0.6 is 0 Å². The van der Waals surface area contributed by atoms with Gasteiger partial charge in [0, 0.05) is 38.0 Å². The van der Waals surface area contributed by atoms with Crippen LogP contribution in [-0.4, -0.2) is 59.4 Å². The number of likely N-dealkylation sites (tertiary alicyclic amines) is 1. The van der Waals surface area contributed by atoms with E-state index in [2.05, 4.69) is 41.5 Å². The van der Waals surface area contributed by atoms with Crippen LogP contribution < -0.4 is 5.32 Å². The second kappa shape index (κ2) is 9.56. The molecule has 1 aromatic carbocycles. The molecule has 1 aromatic heterocycles. The smallest absolute Gasteiger partial charge is 0.222 e. The van der Waals surface area contributed by atoms with Crippen LogP contribution in [0.1, 0.15) is 54.2 Å². The van der Waals surface area contributed by atoms with E-state index in [9.17, 15) is 4.79 Å². The molecule has 0 aliphatic carbocycles. The second-order valence-electron chi connectivity index (χ2n) is 8.61. The van der Waals surface area contributed by atoms with Gasteiger partial charge in [-0.1, -0.05) is 30.3 Å². The SMILES string of the molecule is CNc1nc(C2CCCN(C)C2)nc2c1CCN(C(=O)CCCc1ccccc1)C2. The molecule has 0 bridgehead atoms. The van der Waals surface area contributed by atoms with Crippen LogP contribution in [0.5, 0.6) is 0 Å². The Morgan fingerprint density at radius 2 is 2.03 bits per heavy atom. The number of nitrogens with zero attached hydrogens (tertiary/aromatic N) is 4. The molecule has 1 fully saturated rings. The molecular formula is C24H33N5O. The van der Waals surface area contributed by atoms with E-state index in [1.54, 1.807) is 0 Å². The monoisotopic (exact) mass is 407 g/mol. The fraction of sp³-hybridized carbons (Fsp3) is 0.542. The molecule has 0 spiro atoms. The van der Waals surface area contributed by atoms with Gasteiger partial charge in [-0.2, -0.15) is 0 Å². The van der Waals surface area contributed by atoms with Crippen LogP contribution in [-0.2, 0) is 24.2 Å². The maximum Gasteiger partial charge on any atom is 0.222 e. The molecule has 30 heavy (non-hydrogen) atoms. The second-order valence-corrected chi connectivity index (χ2v) is 8.61. The molecular weight excluding hydrogens is 374 g/mol. The van der Waals surface area contributed by atoms with Crippen molar-refractivity contribution in [2.24, 2.45) is 0 Å². The van der Waals surface area contributed by atoms with E-state index >= 15 is 0 Å². The van der Waals surface area contributed by atoms with E-state index < -0.39 is 0 Å². The third-order valence-corrected chi connectivity index (χ3v) is 6.36. The summed E-state index contributed by atoms with van der Waals surface area (Å²) >= 11 is 0. The van der Waals surface area contributed by atoms with Crippen molar-refractivity contribution in [3.05, 3.63) is 53.0 Å². The van der Waals surface area contributed by atoms with E-state index in [-0.39, 0.29) is 5.91 Å². The summed E-state index contributed by atoms with van der Waals surface area (Å²) in [7, 11) is 4.10. The van der Waals surface area contributed by atoms with Gasteiger partial charge in [0.2, 0.25) is 5.91 Å². The first-order chi connectivity index (χ1) is 14.6. The van der Waals surface area contributed by atoms with E-state index in [0.29, 0.717) is 18.9 Å². The largest absolute Gasteiger partial charge is 0.373 e. The lowest BCUT2D eigenvalue weighted by molar-refractivity contribution is -0.132. The van der Waals surface area contributed by atoms with Crippen molar-refractivity contribution >= 4 is 11.7 Å². The van der Waals surface area contributed by atoms with Crippen molar-refractivity contribution in [3.8, 4) is 0 Å². The van der Waals surface area contributed by atoms with Crippen molar-refractivity contribution in [1.29, 1.82) is 0 Å². The van der Waals surface area contributed by atoms with Gasteiger partial charge in [0.15, 0.2) is 0 Å². The molecule has 1 amide bonds. The maximum absolute atomic E-state index is 12.8. The van der Waals surface area contributed by atoms with Crippen molar-refractivity contribution in [3.63, 3.8) is 0 Å².